The van der Waals surface area contributed by atoms with E-state index in [0.29, 0.717) is 16.6 Å². The Kier molecular flexibility index (Phi) is 3.21. The number of rotatable bonds is 1. The zero-order chi connectivity index (χ0) is 9.84. The molecule has 4 heteroatoms. The van der Waals surface area contributed by atoms with E-state index in [1.807, 2.05) is 0 Å². The fourth-order valence-corrected chi connectivity index (χ4v) is 1.23. The number of halogens is 2. The molecule has 1 aromatic heterocycles. The first-order valence-corrected chi connectivity index (χ1v) is 4.22. The highest BCUT2D eigenvalue weighted by atomic mass is 35.5. The van der Waals surface area contributed by atoms with Crippen LogP contribution in [0.2, 0.25) is 5.02 Å². The second kappa shape index (κ2) is 4.20. The van der Waals surface area contributed by atoms with Crippen LogP contribution >= 0.6 is 11.6 Å². The highest BCUT2D eigenvalue weighted by Gasteiger charge is 2.27. The molecule has 1 aromatic rings. The molecule has 1 saturated carbocycles. The van der Waals surface area contributed by atoms with Crippen molar-refractivity contribution in [1.82, 2.24) is 4.98 Å². The molecule has 1 fully saturated rings. The molecule has 0 spiro atoms. The molecule has 0 aromatic carbocycles. The first-order valence-electron chi connectivity index (χ1n) is 3.84. The van der Waals surface area contributed by atoms with Gasteiger partial charge in [-0.25, -0.2) is 9.65 Å². The summed E-state index contributed by atoms with van der Waals surface area (Å²) >= 11 is 5.54. The second-order valence-electron chi connectivity index (χ2n) is 2.79. The number of hydrogen-bond acceptors (Lipinski definition) is 2. The zero-order valence-electron chi connectivity index (χ0n) is 6.87. The van der Waals surface area contributed by atoms with Gasteiger partial charge in [0.15, 0.2) is 0 Å². The minimum Gasteiger partial charge on any atom is -0.256 e. The summed E-state index contributed by atoms with van der Waals surface area (Å²) in [4.78, 5) is 3.93. The Balaban J connectivity index is 0.000000396. The molecule has 1 heterocycles. The van der Waals surface area contributed by atoms with Crippen molar-refractivity contribution >= 4 is 11.6 Å². The van der Waals surface area contributed by atoms with Gasteiger partial charge in [0, 0.05) is 18.7 Å². The van der Waals surface area contributed by atoms with Gasteiger partial charge in [0.1, 0.15) is 5.82 Å². The third-order valence-corrected chi connectivity index (χ3v) is 2.01. The summed E-state index contributed by atoms with van der Waals surface area (Å²) in [5.41, 5.74) is 0.578. The van der Waals surface area contributed by atoms with Crippen molar-refractivity contribution in [2.45, 2.75) is 18.8 Å². The van der Waals surface area contributed by atoms with Crippen molar-refractivity contribution in [2.24, 2.45) is 0 Å². The van der Waals surface area contributed by atoms with Crippen LogP contribution in [0.15, 0.2) is 12.3 Å². The topological polar surface area (TPSA) is 36.7 Å². The van der Waals surface area contributed by atoms with Gasteiger partial charge < -0.3 is 0 Å². The molecule has 68 valence electrons. The number of nitrogens with zero attached hydrogens (tertiary/aromatic N) is 2. The smallest absolute Gasteiger partial charge is 0.146 e. The highest BCUT2D eigenvalue weighted by Crippen LogP contribution is 2.40. The summed E-state index contributed by atoms with van der Waals surface area (Å²) in [6, 6.07) is 1.32. The first-order chi connectivity index (χ1) is 6.27. The maximum absolute atomic E-state index is 13.0. The molecule has 0 aliphatic heterocycles. The van der Waals surface area contributed by atoms with Gasteiger partial charge in [0.2, 0.25) is 0 Å². The van der Waals surface area contributed by atoms with Crippen molar-refractivity contribution in [3.8, 4) is 6.57 Å². The van der Waals surface area contributed by atoms with Crippen molar-refractivity contribution in [1.29, 1.82) is 5.26 Å². The number of hydrogen-bond donors (Lipinski definition) is 0. The summed E-state index contributed by atoms with van der Waals surface area (Å²) in [6.45, 7) is 3.50. The molecule has 13 heavy (non-hydrogen) atoms. The molecule has 0 unspecified atom stereocenters. The van der Waals surface area contributed by atoms with Gasteiger partial charge in [-0.15, -0.1) is 0 Å². The highest BCUT2D eigenvalue weighted by molar-refractivity contribution is 6.30. The average Bonchev–Trinajstić information content (AvgIpc) is 2.91. The molecule has 2 nitrogen and oxygen atoms in total. The van der Waals surface area contributed by atoms with Crippen molar-refractivity contribution in [3.05, 3.63) is 28.8 Å². The molecule has 0 saturated heterocycles. The van der Waals surface area contributed by atoms with E-state index in [1.54, 1.807) is 0 Å². The molecule has 1 aliphatic carbocycles. The Morgan fingerprint density at radius 3 is 2.62 bits per heavy atom. The first kappa shape index (κ1) is 9.94. The Bertz CT molecular complexity index is 321. The molecule has 0 bridgehead atoms. The zero-order valence-corrected chi connectivity index (χ0v) is 7.63. The predicted octanol–water partition coefficient (Wildman–Crippen LogP) is 2.89. The lowest BCUT2D eigenvalue weighted by atomic mass is 10.2. The van der Waals surface area contributed by atoms with E-state index in [1.165, 1.54) is 12.3 Å². The lowest BCUT2D eigenvalue weighted by Crippen LogP contribution is -1.90. The van der Waals surface area contributed by atoms with Gasteiger partial charge in [-0.3, -0.25) is 4.98 Å². The molecule has 0 amide bonds. The fraction of sp³-hybridized carbons (Fsp3) is 0.333. The molecule has 0 N–H and O–H groups in total. The van der Waals surface area contributed by atoms with E-state index in [4.69, 9.17) is 16.9 Å². The van der Waals surface area contributed by atoms with Crippen LogP contribution in [0, 0.1) is 17.7 Å². The molecule has 1 aliphatic rings. The molecule has 0 radical (unpaired) electrons. The van der Waals surface area contributed by atoms with E-state index >= 15 is 0 Å². The van der Waals surface area contributed by atoms with E-state index in [9.17, 15) is 4.39 Å². The maximum Gasteiger partial charge on any atom is 0.146 e. The number of aromatic nitrogens is 1. The minimum absolute atomic E-state index is 0.264. The summed E-state index contributed by atoms with van der Waals surface area (Å²) in [5, 5.41) is 6.87. The quantitative estimate of drug-likeness (QED) is 0.696. The Labute approximate surface area is 81.0 Å². The van der Waals surface area contributed by atoms with E-state index in [2.05, 4.69) is 11.6 Å². The van der Waals surface area contributed by atoms with E-state index < -0.39 is 0 Å². The summed E-state index contributed by atoms with van der Waals surface area (Å²) < 4.78 is 13.0. The van der Waals surface area contributed by atoms with Crippen LogP contribution in [0.25, 0.3) is 0 Å². The molecule has 0 atom stereocenters. The lowest BCUT2D eigenvalue weighted by molar-refractivity contribution is 0.600. The van der Waals surface area contributed by atoms with Crippen LogP contribution in [0.5, 0.6) is 0 Å². The molecule has 2 rings (SSSR count). The van der Waals surface area contributed by atoms with Crippen LogP contribution in [0.4, 0.5) is 4.39 Å². The van der Waals surface area contributed by atoms with Gasteiger partial charge in [-0.2, -0.15) is 0 Å². The summed E-state index contributed by atoms with van der Waals surface area (Å²) in [6.07, 6.45) is 3.62. The van der Waals surface area contributed by atoms with E-state index in [0.717, 1.165) is 12.8 Å². The standard InChI is InChI=1S/C8H7ClFN.CHN/c9-6-3-7(10)8(11-4-6)5-1-2-5;1-2/h3-5H,1-2H2;1H. The van der Waals surface area contributed by atoms with Crippen LogP contribution in [-0.2, 0) is 0 Å². The van der Waals surface area contributed by atoms with Crippen molar-refractivity contribution in [2.75, 3.05) is 0 Å². The maximum atomic E-state index is 13.0. The third-order valence-electron chi connectivity index (χ3n) is 1.80. The SMILES string of the molecule is C#N.Fc1cc(Cl)cnc1C1CC1. The normalized spacial score (nSPS) is 14.5. The number of nitriles is 1. The van der Waals surface area contributed by atoms with Gasteiger partial charge in [0.25, 0.3) is 0 Å². The van der Waals surface area contributed by atoms with Crippen molar-refractivity contribution in [3.63, 3.8) is 0 Å². The fourth-order valence-electron chi connectivity index (χ4n) is 1.08. The Morgan fingerprint density at radius 2 is 2.15 bits per heavy atom. The largest absolute Gasteiger partial charge is 0.256 e. The predicted molar refractivity (Wildman–Crippen MR) is 47.9 cm³/mol. The number of pyridine rings is 1. The third kappa shape index (κ3) is 2.40. The summed E-state index contributed by atoms with van der Waals surface area (Å²) in [5.74, 6) is 0.0901. The molecular weight excluding hydrogens is 191 g/mol. The van der Waals surface area contributed by atoms with Gasteiger partial charge in [0.05, 0.1) is 10.7 Å². The van der Waals surface area contributed by atoms with Crippen LogP contribution in [0.1, 0.15) is 24.5 Å². The molecular formula is C9H8ClFN2. The minimum atomic E-state index is -0.264. The van der Waals surface area contributed by atoms with Crippen LogP contribution < -0.4 is 0 Å². The lowest BCUT2D eigenvalue weighted by Gasteiger charge is -1.98. The second-order valence-corrected chi connectivity index (χ2v) is 3.23. The Hall–Kier alpha value is -1.14. The Morgan fingerprint density at radius 1 is 1.54 bits per heavy atom. The van der Waals surface area contributed by atoms with Crippen molar-refractivity contribution < 1.29 is 4.39 Å². The van der Waals surface area contributed by atoms with Crippen LogP contribution in [0.3, 0.4) is 0 Å². The van der Waals surface area contributed by atoms with Crippen LogP contribution in [-0.4, -0.2) is 4.98 Å². The van der Waals surface area contributed by atoms with Gasteiger partial charge >= 0.3 is 0 Å². The summed E-state index contributed by atoms with van der Waals surface area (Å²) in [7, 11) is 0. The monoisotopic (exact) mass is 198 g/mol. The van der Waals surface area contributed by atoms with E-state index in [-0.39, 0.29) is 5.82 Å². The van der Waals surface area contributed by atoms with Gasteiger partial charge in [-0.1, -0.05) is 11.6 Å². The average molecular weight is 199 g/mol. The van der Waals surface area contributed by atoms with Gasteiger partial charge in [-0.05, 0) is 18.9 Å².